The fourth-order valence-electron chi connectivity index (χ4n) is 4.02. The van der Waals surface area contributed by atoms with Gasteiger partial charge in [-0.05, 0) is 62.0 Å². The van der Waals surface area contributed by atoms with E-state index in [1.54, 1.807) is 0 Å². The first-order chi connectivity index (χ1) is 8.15. The van der Waals surface area contributed by atoms with Gasteiger partial charge in [-0.1, -0.05) is 46.1 Å². The topological polar surface area (TPSA) is 0 Å². The summed E-state index contributed by atoms with van der Waals surface area (Å²) in [5.74, 6) is 2.91. The lowest BCUT2D eigenvalue weighted by molar-refractivity contribution is 0.329. The molecule has 17 heavy (non-hydrogen) atoms. The van der Waals surface area contributed by atoms with E-state index in [-0.39, 0.29) is 0 Å². The molecule has 2 aliphatic carbocycles. The predicted molar refractivity (Wildman–Crippen MR) is 76.5 cm³/mol. The molecule has 0 amide bonds. The van der Waals surface area contributed by atoms with Crippen LogP contribution in [0.3, 0.4) is 0 Å². The molecule has 92 valence electrons. The van der Waals surface area contributed by atoms with Gasteiger partial charge < -0.3 is 0 Å². The van der Waals surface area contributed by atoms with Crippen molar-refractivity contribution in [3.63, 3.8) is 0 Å². The van der Waals surface area contributed by atoms with Gasteiger partial charge in [0, 0.05) is 4.83 Å². The van der Waals surface area contributed by atoms with E-state index in [2.05, 4.69) is 48.0 Å². The Balaban J connectivity index is 1.84. The molecule has 1 heteroatoms. The third kappa shape index (κ3) is 2.07. The highest BCUT2D eigenvalue weighted by molar-refractivity contribution is 9.09. The van der Waals surface area contributed by atoms with Gasteiger partial charge in [0.05, 0.1) is 0 Å². The second-order valence-corrected chi connectivity index (χ2v) is 7.09. The zero-order valence-electron chi connectivity index (χ0n) is 10.7. The Kier molecular flexibility index (Phi) is 3.06. The number of alkyl halides is 1. The van der Waals surface area contributed by atoms with Crippen LogP contribution >= 0.6 is 15.9 Å². The standard InChI is InChI=1S/C16H21Br/c1-10-3-6-14(11(2)7-10)16(17)15-9-12-4-5-13(15)8-12/h3,6-7,12-13,15-16H,4-5,8-9H2,1-2H3. The van der Waals surface area contributed by atoms with Crippen LogP contribution in [0.15, 0.2) is 18.2 Å². The van der Waals surface area contributed by atoms with Crippen molar-refractivity contribution in [1.82, 2.24) is 0 Å². The van der Waals surface area contributed by atoms with Crippen molar-refractivity contribution in [3.05, 3.63) is 34.9 Å². The molecule has 0 aromatic heterocycles. The van der Waals surface area contributed by atoms with Gasteiger partial charge in [-0.25, -0.2) is 0 Å². The molecule has 3 rings (SSSR count). The molecule has 1 aromatic carbocycles. The second-order valence-electron chi connectivity index (χ2n) is 6.10. The van der Waals surface area contributed by atoms with Gasteiger partial charge >= 0.3 is 0 Å². The molecular formula is C16H21Br. The van der Waals surface area contributed by atoms with E-state index in [0.717, 1.165) is 17.8 Å². The van der Waals surface area contributed by atoms with E-state index in [9.17, 15) is 0 Å². The summed E-state index contributed by atoms with van der Waals surface area (Å²) in [6, 6.07) is 6.90. The largest absolute Gasteiger partial charge is 0.0836 e. The van der Waals surface area contributed by atoms with Crippen molar-refractivity contribution < 1.29 is 0 Å². The van der Waals surface area contributed by atoms with Crippen molar-refractivity contribution in [2.45, 2.75) is 44.4 Å². The average Bonchev–Trinajstić information content (AvgIpc) is 2.89. The van der Waals surface area contributed by atoms with Crippen molar-refractivity contribution >= 4 is 15.9 Å². The number of hydrogen-bond donors (Lipinski definition) is 0. The zero-order valence-corrected chi connectivity index (χ0v) is 12.3. The summed E-state index contributed by atoms with van der Waals surface area (Å²) in [6.07, 6.45) is 5.92. The summed E-state index contributed by atoms with van der Waals surface area (Å²) in [6.45, 7) is 4.43. The molecule has 2 bridgehead atoms. The Hall–Kier alpha value is -0.300. The number of aryl methyl sites for hydroxylation is 2. The van der Waals surface area contributed by atoms with Crippen LogP contribution in [0.1, 0.15) is 47.2 Å². The Morgan fingerprint density at radius 2 is 2.00 bits per heavy atom. The van der Waals surface area contributed by atoms with Crippen molar-refractivity contribution in [2.24, 2.45) is 17.8 Å². The third-order valence-electron chi connectivity index (χ3n) is 4.89. The SMILES string of the molecule is Cc1ccc(C(Br)C2CC3CCC2C3)c(C)c1. The van der Waals surface area contributed by atoms with Crippen molar-refractivity contribution in [2.75, 3.05) is 0 Å². The van der Waals surface area contributed by atoms with E-state index in [1.165, 1.54) is 42.4 Å². The molecule has 4 unspecified atom stereocenters. The summed E-state index contributed by atoms with van der Waals surface area (Å²) in [5, 5.41) is 0. The quantitative estimate of drug-likeness (QED) is 0.659. The Morgan fingerprint density at radius 3 is 2.59 bits per heavy atom. The molecule has 2 fully saturated rings. The van der Waals surface area contributed by atoms with Gasteiger partial charge in [0.1, 0.15) is 0 Å². The highest BCUT2D eigenvalue weighted by atomic mass is 79.9. The van der Waals surface area contributed by atoms with Crippen LogP contribution in [0.4, 0.5) is 0 Å². The lowest BCUT2D eigenvalue weighted by Gasteiger charge is -2.28. The Labute approximate surface area is 113 Å². The molecule has 0 aliphatic heterocycles. The molecule has 0 saturated heterocycles. The molecule has 0 heterocycles. The summed E-state index contributed by atoms with van der Waals surface area (Å²) < 4.78 is 0. The zero-order chi connectivity index (χ0) is 12.0. The number of halogens is 1. The normalized spacial score (nSPS) is 33.0. The van der Waals surface area contributed by atoms with Crippen LogP contribution < -0.4 is 0 Å². The Bertz CT molecular complexity index is 424. The third-order valence-corrected chi connectivity index (χ3v) is 6.06. The molecule has 2 saturated carbocycles. The number of fused-ring (bicyclic) bond motifs is 2. The van der Waals surface area contributed by atoms with E-state index >= 15 is 0 Å². The monoisotopic (exact) mass is 292 g/mol. The summed E-state index contributed by atoms with van der Waals surface area (Å²) in [5.41, 5.74) is 4.35. The minimum atomic E-state index is 0.582. The maximum Gasteiger partial charge on any atom is 0.0428 e. The van der Waals surface area contributed by atoms with Gasteiger partial charge in [0.2, 0.25) is 0 Å². The van der Waals surface area contributed by atoms with E-state index in [4.69, 9.17) is 0 Å². The minimum Gasteiger partial charge on any atom is -0.0836 e. The number of benzene rings is 1. The summed E-state index contributed by atoms with van der Waals surface area (Å²) in [4.78, 5) is 0.582. The lowest BCUT2D eigenvalue weighted by atomic mass is 9.83. The average molecular weight is 293 g/mol. The molecule has 0 N–H and O–H groups in total. The molecule has 0 nitrogen and oxygen atoms in total. The number of rotatable bonds is 2. The molecular weight excluding hydrogens is 272 g/mol. The first-order valence-corrected chi connectivity index (χ1v) is 7.78. The molecule has 1 aromatic rings. The van der Waals surface area contributed by atoms with Gasteiger partial charge in [-0.15, -0.1) is 0 Å². The van der Waals surface area contributed by atoms with E-state index in [0.29, 0.717) is 4.83 Å². The van der Waals surface area contributed by atoms with E-state index < -0.39 is 0 Å². The van der Waals surface area contributed by atoms with Gasteiger partial charge in [0.25, 0.3) is 0 Å². The smallest absolute Gasteiger partial charge is 0.0428 e. The van der Waals surface area contributed by atoms with Crippen LogP contribution in [0, 0.1) is 31.6 Å². The second kappa shape index (κ2) is 4.42. The Morgan fingerprint density at radius 1 is 1.18 bits per heavy atom. The lowest BCUT2D eigenvalue weighted by Crippen LogP contribution is -2.16. The molecule has 0 radical (unpaired) electrons. The first-order valence-electron chi connectivity index (χ1n) is 6.86. The molecule has 2 aliphatic rings. The molecule has 4 atom stereocenters. The van der Waals surface area contributed by atoms with Crippen LogP contribution in [-0.2, 0) is 0 Å². The van der Waals surface area contributed by atoms with Gasteiger partial charge in [-0.2, -0.15) is 0 Å². The molecule has 0 spiro atoms. The summed E-state index contributed by atoms with van der Waals surface area (Å²) in [7, 11) is 0. The summed E-state index contributed by atoms with van der Waals surface area (Å²) >= 11 is 3.99. The van der Waals surface area contributed by atoms with Crippen molar-refractivity contribution in [1.29, 1.82) is 0 Å². The fourth-order valence-corrected chi connectivity index (χ4v) is 5.18. The van der Waals surface area contributed by atoms with Crippen LogP contribution in [-0.4, -0.2) is 0 Å². The van der Waals surface area contributed by atoms with Gasteiger partial charge in [0.15, 0.2) is 0 Å². The highest BCUT2D eigenvalue weighted by Crippen LogP contribution is 2.55. The van der Waals surface area contributed by atoms with Crippen LogP contribution in [0.5, 0.6) is 0 Å². The maximum absolute atomic E-state index is 3.99. The van der Waals surface area contributed by atoms with E-state index in [1.807, 2.05) is 0 Å². The van der Waals surface area contributed by atoms with Crippen LogP contribution in [0.25, 0.3) is 0 Å². The first kappa shape index (κ1) is 11.8. The maximum atomic E-state index is 3.99. The predicted octanol–water partition coefficient (Wildman–Crippen LogP) is 5.18. The van der Waals surface area contributed by atoms with Crippen LogP contribution in [0.2, 0.25) is 0 Å². The minimum absolute atomic E-state index is 0.582. The highest BCUT2D eigenvalue weighted by Gasteiger charge is 2.42. The number of hydrogen-bond acceptors (Lipinski definition) is 0. The van der Waals surface area contributed by atoms with Gasteiger partial charge in [-0.3, -0.25) is 0 Å². The van der Waals surface area contributed by atoms with Crippen molar-refractivity contribution in [3.8, 4) is 0 Å². The fraction of sp³-hybridized carbons (Fsp3) is 0.625.